The van der Waals surface area contributed by atoms with Crippen molar-refractivity contribution in [1.29, 1.82) is 0 Å². The monoisotopic (exact) mass is 443 g/mol. The second-order valence-electron chi connectivity index (χ2n) is 7.87. The quantitative estimate of drug-likeness (QED) is 0.581. The van der Waals surface area contributed by atoms with Gasteiger partial charge in [0.2, 0.25) is 0 Å². The SMILES string of the molecule is C=CC[NH+]1CCCC(n2nc(Cc3ccc(Cl)cc3)c3ccccc3c2=O)CC1.[Cl-]. The summed E-state index contributed by atoms with van der Waals surface area (Å²) in [5.41, 5.74) is 2.11. The van der Waals surface area contributed by atoms with Gasteiger partial charge in [-0.25, -0.2) is 4.68 Å². The normalized spacial score (nSPS) is 19.1. The van der Waals surface area contributed by atoms with Crippen LogP contribution in [0.15, 0.2) is 66.0 Å². The van der Waals surface area contributed by atoms with Crippen LogP contribution in [0.2, 0.25) is 5.02 Å². The first-order valence-electron chi connectivity index (χ1n) is 10.3. The molecule has 1 saturated heterocycles. The van der Waals surface area contributed by atoms with Crippen molar-refractivity contribution in [1.82, 2.24) is 9.78 Å². The molecule has 4 rings (SSSR count). The standard InChI is InChI=1S/C24H26ClN3O.ClH/c1-2-14-27-15-5-6-20(13-16-27)28-24(29)22-8-4-3-7-21(22)23(26-28)17-18-9-11-19(25)12-10-18;/h2-4,7-12,20H,1,5-6,13-17H2;1H. The highest BCUT2D eigenvalue weighted by Crippen LogP contribution is 2.22. The molecule has 2 aromatic carbocycles. The third-order valence-electron chi connectivity index (χ3n) is 5.87. The van der Waals surface area contributed by atoms with E-state index in [1.54, 1.807) is 4.68 Å². The molecule has 1 aromatic heterocycles. The van der Waals surface area contributed by atoms with Crippen LogP contribution < -0.4 is 22.9 Å². The van der Waals surface area contributed by atoms with E-state index in [2.05, 4.69) is 6.58 Å². The van der Waals surface area contributed by atoms with E-state index >= 15 is 0 Å². The molecule has 0 saturated carbocycles. The first-order valence-corrected chi connectivity index (χ1v) is 10.7. The number of aromatic nitrogens is 2. The molecule has 2 heterocycles. The predicted molar refractivity (Wildman–Crippen MR) is 119 cm³/mol. The maximum absolute atomic E-state index is 13.3. The van der Waals surface area contributed by atoms with Gasteiger partial charge in [0.15, 0.2) is 0 Å². The van der Waals surface area contributed by atoms with E-state index in [1.807, 2.05) is 54.6 Å². The highest BCUT2D eigenvalue weighted by Gasteiger charge is 2.23. The fourth-order valence-corrected chi connectivity index (χ4v) is 4.45. The molecule has 30 heavy (non-hydrogen) atoms. The summed E-state index contributed by atoms with van der Waals surface area (Å²) in [4.78, 5) is 14.8. The molecular weight excluding hydrogens is 417 g/mol. The molecule has 158 valence electrons. The van der Waals surface area contributed by atoms with Gasteiger partial charge in [0.25, 0.3) is 5.56 Å². The molecular formula is C24H27Cl2N3O. The first kappa shape index (κ1) is 22.5. The van der Waals surface area contributed by atoms with E-state index in [1.165, 1.54) is 4.90 Å². The molecule has 0 radical (unpaired) electrons. The van der Waals surface area contributed by atoms with Crippen molar-refractivity contribution in [2.24, 2.45) is 0 Å². The molecule has 0 spiro atoms. The van der Waals surface area contributed by atoms with Gasteiger partial charge in [-0.3, -0.25) is 4.79 Å². The highest BCUT2D eigenvalue weighted by molar-refractivity contribution is 6.30. The Morgan fingerprint density at radius 2 is 1.83 bits per heavy atom. The van der Waals surface area contributed by atoms with Gasteiger partial charge >= 0.3 is 0 Å². The summed E-state index contributed by atoms with van der Waals surface area (Å²) in [6, 6.07) is 15.8. The minimum absolute atomic E-state index is 0. The molecule has 4 nitrogen and oxygen atoms in total. The average molecular weight is 444 g/mol. The van der Waals surface area contributed by atoms with Crippen LogP contribution in [-0.4, -0.2) is 29.4 Å². The Hall–Kier alpha value is -2.14. The molecule has 2 atom stereocenters. The van der Waals surface area contributed by atoms with Crippen molar-refractivity contribution in [3.63, 3.8) is 0 Å². The molecule has 1 N–H and O–H groups in total. The molecule has 0 amide bonds. The fraction of sp³-hybridized carbons (Fsp3) is 0.333. The number of hydrogen-bond acceptors (Lipinski definition) is 2. The zero-order chi connectivity index (χ0) is 20.2. The summed E-state index contributed by atoms with van der Waals surface area (Å²) < 4.78 is 1.77. The molecule has 1 fully saturated rings. The van der Waals surface area contributed by atoms with Crippen LogP contribution in [0.25, 0.3) is 10.8 Å². The minimum atomic E-state index is 0. The van der Waals surface area contributed by atoms with E-state index in [4.69, 9.17) is 16.7 Å². The number of rotatable bonds is 5. The van der Waals surface area contributed by atoms with Gasteiger partial charge in [-0.15, -0.1) is 0 Å². The number of quaternary nitrogens is 1. The fourth-order valence-electron chi connectivity index (χ4n) is 4.33. The summed E-state index contributed by atoms with van der Waals surface area (Å²) >= 11 is 6.04. The Bertz CT molecular complexity index is 1060. The van der Waals surface area contributed by atoms with Crippen molar-refractivity contribution >= 4 is 22.4 Å². The Kier molecular flexibility index (Phi) is 7.70. The molecule has 3 aromatic rings. The van der Waals surface area contributed by atoms with E-state index in [9.17, 15) is 4.79 Å². The topological polar surface area (TPSA) is 39.3 Å². The zero-order valence-corrected chi connectivity index (χ0v) is 18.5. The van der Waals surface area contributed by atoms with Gasteiger partial charge in [-0.2, -0.15) is 5.10 Å². The van der Waals surface area contributed by atoms with Gasteiger partial charge < -0.3 is 17.3 Å². The van der Waals surface area contributed by atoms with Gasteiger partial charge in [0, 0.05) is 23.3 Å². The van der Waals surface area contributed by atoms with Crippen LogP contribution >= 0.6 is 11.6 Å². The van der Waals surface area contributed by atoms with Crippen LogP contribution in [0.4, 0.5) is 0 Å². The summed E-state index contributed by atoms with van der Waals surface area (Å²) in [5.74, 6) is 0. The van der Waals surface area contributed by atoms with Crippen LogP contribution in [0, 0.1) is 0 Å². The molecule has 2 unspecified atom stereocenters. The lowest BCUT2D eigenvalue weighted by Gasteiger charge is -2.19. The molecule has 1 aliphatic rings. The third kappa shape index (κ3) is 4.94. The number of fused-ring (bicyclic) bond motifs is 1. The maximum atomic E-state index is 13.3. The first-order chi connectivity index (χ1) is 14.2. The molecule has 6 heteroatoms. The number of nitrogens with zero attached hydrogens (tertiary/aromatic N) is 2. The second-order valence-corrected chi connectivity index (χ2v) is 8.31. The van der Waals surface area contributed by atoms with Crippen molar-refractivity contribution in [2.75, 3.05) is 19.6 Å². The van der Waals surface area contributed by atoms with Crippen LogP contribution in [0.1, 0.15) is 36.6 Å². The minimum Gasteiger partial charge on any atom is -1.00 e. The lowest BCUT2D eigenvalue weighted by molar-refractivity contribution is -0.893. The summed E-state index contributed by atoms with van der Waals surface area (Å²) in [6.07, 6.45) is 5.72. The maximum Gasteiger partial charge on any atom is 0.274 e. The number of nitrogens with one attached hydrogen (secondary N) is 1. The van der Waals surface area contributed by atoms with Crippen molar-refractivity contribution in [3.05, 3.63) is 87.8 Å². The second kappa shape index (κ2) is 10.3. The van der Waals surface area contributed by atoms with Crippen molar-refractivity contribution < 1.29 is 17.3 Å². The van der Waals surface area contributed by atoms with Crippen molar-refractivity contribution in [3.8, 4) is 0 Å². The van der Waals surface area contributed by atoms with Crippen molar-refractivity contribution in [2.45, 2.75) is 31.7 Å². The van der Waals surface area contributed by atoms with Gasteiger partial charge in [0.1, 0.15) is 0 Å². The number of halogens is 2. The number of likely N-dealkylation sites (tertiary alicyclic amines) is 1. The van der Waals surface area contributed by atoms with E-state index < -0.39 is 0 Å². The molecule has 1 aliphatic heterocycles. The number of benzene rings is 2. The Morgan fingerprint density at radius 1 is 1.10 bits per heavy atom. The Balaban J connectivity index is 0.00000256. The van der Waals surface area contributed by atoms with Gasteiger partial charge in [-0.05, 0) is 42.7 Å². The molecule has 0 aliphatic carbocycles. The van der Waals surface area contributed by atoms with E-state index in [0.717, 1.165) is 65.9 Å². The summed E-state index contributed by atoms with van der Waals surface area (Å²) in [6.45, 7) is 7.03. The lowest BCUT2D eigenvalue weighted by atomic mass is 10.0. The zero-order valence-electron chi connectivity index (χ0n) is 17.0. The average Bonchev–Trinajstić information content (AvgIpc) is 2.98. The van der Waals surface area contributed by atoms with Gasteiger partial charge in [-0.1, -0.05) is 48.5 Å². The third-order valence-corrected chi connectivity index (χ3v) is 6.12. The van der Waals surface area contributed by atoms with Crippen LogP contribution in [0.3, 0.4) is 0 Å². The number of hydrogen-bond donors (Lipinski definition) is 1. The Morgan fingerprint density at radius 3 is 2.57 bits per heavy atom. The largest absolute Gasteiger partial charge is 1.00 e. The molecule has 0 bridgehead atoms. The van der Waals surface area contributed by atoms with E-state index in [-0.39, 0.29) is 24.0 Å². The van der Waals surface area contributed by atoms with Gasteiger partial charge in [0.05, 0.1) is 36.8 Å². The smallest absolute Gasteiger partial charge is 0.274 e. The van der Waals surface area contributed by atoms with Crippen LogP contribution in [0.5, 0.6) is 0 Å². The summed E-state index contributed by atoms with van der Waals surface area (Å²) in [7, 11) is 0. The van der Waals surface area contributed by atoms with Crippen LogP contribution in [-0.2, 0) is 6.42 Å². The van der Waals surface area contributed by atoms with E-state index in [0.29, 0.717) is 6.42 Å². The highest BCUT2D eigenvalue weighted by atomic mass is 35.5. The Labute approximate surface area is 188 Å². The predicted octanol–water partition coefficient (Wildman–Crippen LogP) is 0.441. The summed E-state index contributed by atoms with van der Waals surface area (Å²) in [5, 5.41) is 7.32. The lowest BCUT2D eigenvalue weighted by Crippen LogP contribution is -3.11.